The summed E-state index contributed by atoms with van der Waals surface area (Å²) < 4.78 is 15.2. The molecule has 2 aliphatic rings. The zero-order valence-electron chi connectivity index (χ0n) is 22.1. The Hall–Kier alpha value is -3.98. The standard InChI is InChI=1S/C29H32FN7O/c1-18-24(13-14-26(30)33-18)37(17-19-5-4-6-19)22-10-8-21(9-11-22)35(2)28-23(16-32)29(38)36(3)25-12-7-20(15-31)34-27(25)28/h7,12-14,19,21-22H,4-6,8-11,17H2,1-3H3. The Bertz CT molecular complexity index is 1510. The molecule has 0 atom stereocenters. The van der Waals surface area contributed by atoms with E-state index in [9.17, 15) is 19.7 Å². The van der Waals surface area contributed by atoms with E-state index in [2.05, 4.69) is 27.0 Å². The molecule has 0 aromatic carbocycles. The van der Waals surface area contributed by atoms with Gasteiger partial charge in [-0.15, -0.1) is 0 Å². The summed E-state index contributed by atoms with van der Waals surface area (Å²) in [6, 6.07) is 11.2. The van der Waals surface area contributed by atoms with Crippen LogP contribution in [-0.2, 0) is 7.05 Å². The van der Waals surface area contributed by atoms with Crippen LogP contribution >= 0.6 is 0 Å². The van der Waals surface area contributed by atoms with Crippen molar-refractivity contribution in [1.29, 1.82) is 10.5 Å². The van der Waals surface area contributed by atoms with E-state index < -0.39 is 5.95 Å². The number of fused-ring (bicyclic) bond motifs is 1. The number of aromatic nitrogens is 3. The number of halogens is 1. The average molecular weight is 514 g/mol. The van der Waals surface area contributed by atoms with Gasteiger partial charge in [0.05, 0.1) is 22.6 Å². The van der Waals surface area contributed by atoms with Crippen LogP contribution in [0.15, 0.2) is 29.1 Å². The number of hydrogen-bond acceptors (Lipinski definition) is 7. The van der Waals surface area contributed by atoms with Gasteiger partial charge >= 0.3 is 0 Å². The van der Waals surface area contributed by atoms with Crippen LogP contribution in [0.25, 0.3) is 11.0 Å². The molecule has 3 aromatic rings. The number of anilines is 2. The van der Waals surface area contributed by atoms with Gasteiger partial charge in [0.1, 0.15) is 28.9 Å². The summed E-state index contributed by atoms with van der Waals surface area (Å²) in [5.74, 6) is 0.202. The molecule has 0 bridgehead atoms. The first-order valence-electron chi connectivity index (χ1n) is 13.3. The van der Waals surface area contributed by atoms with Gasteiger partial charge in [-0.05, 0) is 75.6 Å². The molecule has 196 valence electrons. The van der Waals surface area contributed by atoms with E-state index in [0.717, 1.165) is 37.9 Å². The SMILES string of the molecule is Cc1nc(F)ccc1N(CC1CCC1)C1CCC(N(C)c2c(C#N)c(=O)n(C)c3ccc(C#N)nc23)CC1. The second-order valence-electron chi connectivity index (χ2n) is 10.6. The molecule has 2 saturated carbocycles. The summed E-state index contributed by atoms with van der Waals surface area (Å²) in [6.07, 6.45) is 7.33. The van der Waals surface area contributed by atoms with Gasteiger partial charge in [0.2, 0.25) is 5.95 Å². The zero-order valence-corrected chi connectivity index (χ0v) is 22.1. The fraction of sp³-hybridized carbons (Fsp3) is 0.483. The molecular weight excluding hydrogens is 481 g/mol. The van der Waals surface area contributed by atoms with Gasteiger partial charge in [-0.3, -0.25) is 4.79 Å². The Labute approximate surface area is 221 Å². The summed E-state index contributed by atoms with van der Waals surface area (Å²) in [5.41, 5.74) is 3.23. The molecule has 0 amide bonds. The smallest absolute Gasteiger partial charge is 0.270 e. The van der Waals surface area contributed by atoms with Crippen molar-refractivity contribution < 1.29 is 4.39 Å². The van der Waals surface area contributed by atoms with Crippen LogP contribution in [0.1, 0.15) is 61.9 Å². The van der Waals surface area contributed by atoms with Crippen LogP contribution in [-0.4, -0.2) is 40.2 Å². The van der Waals surface area contributed by atoms with Crippen molar-refractivity contribution >= 4 is 22.4 Å². The fourth-order valence-corrected chi connectivity index (χ4v) is 6.06. The topological polar surface area (TPSA) is 102 Å². The lowest BCUT2D eigenvalue weighted by molar-refractivity contribution is 0.290. The van der Waals surface area contributed by atoms with Crippen molar-refractivity contribution in [2.24, 2.45) is 13.0 Å². The van der Waals surface area contributed by atoms with E-state index in [1.807, 2.05) is 24.9 Å². The van der Waals surface area contributed by atoms with E-state index in [1.54, 1.807) is 19.2 Å². The molecule has 2 aliphatic carbocycles. The van der Waals surface area contributed by atoms with E-state index in [1.165, 1.54) is 29.9 Å². The van der Waals surface area contributed by atoms with Crippen molar-refractivity contribution in [2.45, 2.75) is 64.0 Å². The summed E-state index contributed by atoms with van der Waals surface area (Å²) >= 11 is 0. The quantitative estimate of drug-likeness (QED) is 0.445. The first-order valence-corrected chi connectivity index (χ1v) is 13.3. The number of pyridine rings is 3. The third-order valence-electron chi connectivity index (χ3n) is 8.46. The van der Waals surface area contributed by atoms with Crippen LogP contribution < -0.4 is 15.4 Å². The van der Waals surface area contributed by atoms with Crippen molar-refractivity contribution in [3.63, 3.8) is 0 Å². The van der Waals surface area contributed by atoms with Gasteiger partial charge in [0, 0.05) is 32.7 Å². The van der Waals surface area contributed by atoms with E-state index in [4.69, 9.17) is 0 Å². The third kappa shape index (κ3) is 4.58. The summed E-state index contributed by atoms with van der Waals surface area (Å²) in [6.45, 7) is 2.83. The Balaban J connectivity index is 1.43. The Morgan fingerprint density at radius 1 is 1.03 bits per heavy atom. The van der Waals surface area contributed by atoms with Crippen LogP contribution in [0.3, 0.4) is 0 Å². The molecule has 8 nitrogen and oxygen atoms in total. The first-order chi connectivity index (χ1) is 18.3. The number of rotatable bonds is 6. The molecule has 0 radical (unpaired) electrons. The third-order valence-corrected chi connectivity index (χ3v) is 8.46. The maximum atomic E-state index is 13.8. The maximum absolute atomic E-state index is 13.8. The lowest BCUT2D eigenvalue weighted by Crippen LogP contribution is -2.46. The summed E-state index contributed by atoms with van der Waals surface area (Å²) in [7, 11) is 3.54. The number of aryl methyl sites for hydroxylation is 2. The van der Waals surface area contributed by atoms with Gasteiger partial charge in [-0.2, -0.15) is 14.9 Å². The maximum Gasteiger partial charge on any atom is 0.270 e. The first kappa shape index (κ1) is 25.7. The minimum Gasteiger partial charge on any atom is -0.369 e. The molecule has 5 rings (SSSR count). The normalized spacial score (nSPS) is 19.4. The Morgan fingerprint density at radius 3 is 2.34 bits per heavy atom. The molecule has 0 unspecified atom stereocenters. The summed E-state index contributed by atoms with van der Waals surface area (Å²) in [4.78, 5) is 26.1. The minimum absolute atomic E-state index is 0.0480. The van der Waals surface area contributed by atoms with E-state index >= 15 is 0 Å². The summed E-state index contributed by atoms with van der Waals surface area (Å²) in [5, 5.41) is 19.4. The average Bonchev–Trinajstić information content (AvgIpc) is 2.90. The van der Waals surface area contributed by atoms with Crippen molar-refractivity contribution in [3.05, 3.63) is 57.5 Å². The monoisotopic (exact) mass is 513 g/mol. The highest BCUT2D eigenvalue weighted by molar-refractivity contribution is 5.92. The van der Waals surface area contributed by atoms with E-state index in [0.29, 0.717) is 34.4 Å². The van der Waals surface area contributed by atoms with Crippen LogP contribution in [0, 0.1) is 41.5 Å². The predicted molar refractivity (Wildman–Crippen MR) is 144 cm³/mol. The molecule has 2 fully saturated rings. The van der Waals surface area contributed by atoms with Crippen LogP contribution in [0.2, 0.25) is 0 Å². The van der Waals surface area contributed by atoms with Crippen molar-refractivity contribution in [1.82, 2.24) is 14.5 Å². The van der Waals surface area contributed by atoms with Gasteiger partial charge in [-0.1, -0.05) is 6.42 Å². The molecular formula is C29H32FN7O. The van der Waals surface area contributed by atoms with Gasteiger partial charge in [-0.25, -0.2) is 9.97 Å². The number of nitriles is 2. The number of hydrogen-bond donors (Lipinski definition) is 0. The second kappa shape index (κ2) is 10.4. The molecule has 3 aromatic heterocycles. The van der Waals surface area contributed by atoms with Crippen molar-refractivity contribution in [2.75, 3.05) is 23.4 Å². The minimum atomic E-state index is -0.456. The zero-order chi connectivity index (χ0) is 27.0. The van der Waals surface area contributed by atoms with Gasteiger partial charge < -0.3 is 14.4 Å². The van der Waals surface area contributed by atoms with Crippen LogP contribution in [0.5, 0.6) is 0 Å². The second-order valence-corrected chi connectivity index (χ2v) is 10.6. The van der Waals surface area contributed by atoms with Gasteiger partial charge in [0.25, 0.3) is 5.56 Å². The van der Waals surface area contributed by atoms with E-state index in [-0.39, 0.29) is 22.9 Å². The highest BCUT2D eigenvalue weighted by Crippen LogP contribution is 2.37. The van der Waals surface area contributed by atoms with Crippen molar-refractivity contribution in [3.8, 4) is 12.1 Å². The highest BCUT2D eigenvalue weighted by Gasteiger charge is 2.33. The predicted octanol–water partition coefficient (Wildman–Crippen LogP) is 4.57. The molecule has 0 aliphatic heterocycles. The highest BCUT2D eigenvalue weighted by atomic mass is 19.1. The fourth-order valence-electron chi connectivity index (χ4n) is 6.06. The largest absolute Gasteiger partial charge is 0.369 e. The molecule has 9 heteroatoms. The molecule has 0 N–H and O–H groups in total. The molecule has 0 spiro atoms. The lowest BCUT2D eigenvalue weighted by atomic mass is 9.83. The van der Waals surface area contributed by atoms with Gasteiger partial charge in [0.15, 0.2) is 0 Å². The lowest BCUT2D eigenvalue weighted by Gasteiger charge is -2.44. The molecule has 3 heterocycles. The Kier molecular flexibility index (Phi) is 7.03. The Morgan fingerprint density at radius 2 is 1.74 bits per heavy atom. The molecule has 38 heavy (non-hydrogen) atoms. The number of nitrogens with zero attached hydrogens (tertiary/aromatic N) is 7. The molecule has 0 saturated heterocycles. The van der Waals surface area contributed by atoms with Crippen LogP contribution in [0.4, 0.5) is 15.8 Å².